The lowest BCUT2D eigenvalue weighted by Crippen LogP contribution is -2.13. The van der Waals surface area contributed by atoms with Gasteiger partial charge in [-0.25, -0.2) is 13.8 Å². The number of thiocarbonyl (C=S) groups is 1. The van der Waals surface area contributed by atoms with E-state index >= 15 is 0 Å². The van der Waals surface area contributed by atoms with Gasteiger partial charge in [-0.15, -0.1) is 0 Å². The molecule has 0 radical (unpaired) electrons. The Hall–Kier alpha value is -0.340. The van der Waals surface area contributed by atoms with Crippen LogP contribution in [0, 0.1) is 0 Å². The Balaban J connectivity index is 3.55. The number of hydrogen-bond acceptors (Lipinski definition) is 2. The summed E-state index contributed by atoms with van der Waals surface area (Å²) in [6.07, 6.45) is 0. The molecular formula is C4H5F2NS. The first-order valence-electron chi connectivity index (χ1n) is 1.98. The van der Waals surface area contributed by atoms with E-state index in [9.17, 15) is 8.78 Å². The second-order valence-electron chi connectivity index (χ2n) is 1.48. The van der Waals surface area contributed by atoms with Crippen LogP contribution in [0.5, 0.6) is 0 Å². The lowest BCUT2D eigenvalue weighted by Gasteiger charge is -2.01. The van der Waals surface area contributed by atoms with Crippen molar-refractivity contribution in [2.24, 2.45) is 4.99 Å². The Morgan fingerprint density at radius 2 is 2.25 bits per heavy atom. The van der Waals surface area contributed by atoms with E-state index in [4.69, 9.17) is 0 Å². The molecule has 0 rings (SSSR count). The molecule has 0 aliphatic heterocycles. The Bertz CT molecular complexity index is 112. The molecule has 0 aliphatic rings. The number of alkyl halides is 2. The van der Waals surface area contributed by atoms with E-state index in [-0.39, 0.29) is 0 Å². The topological polar surface area (TPSA) is 12.4 Å². The van der Waals surface area contributed by atoms with Crippen LogP contribution in [-0.4, -0.2) is 17.6 Å². The van der Waals surface area contributed by atoms with Gasteiger partial charge >= 0.3 is 0 Å². The van der Waals surface area contributed by atoms with Gasteiger partial charge in [-0.3, -0.25) is 0 Å². The highest BCUT2D eigenvalue weighted by Gasteiger charge is 2.19. The molecule has 0 bridgehead atoms. The van der Waals surface area contributed by atoms with Crippen molar-refractivity contribution in [3.05, 3.63) is 0 Å². The van der Waals surface area contributed by atoms with Crippen LogP contribution >= 0.6 is 12.2 Å². The van der Waals surface area contributed by atoms with Crippen molar-refractivity contribution in [3.63, 3.8) is 0 Å². The van der Waals surface area contributed by atoms with Gasteiger partial charge in [0.1, 0.15) is 6.54 Å². The molecule has 1 nitrogen and oxygen atoms in total. The second-order valence-corrected chi connectivity index (χ2v) is 1.66. The predicted octanol–water partition coefficient (Wildman–Crippen LogP) is 1.74. The van der Waals surface area contributed by atoms with E-state index in [1.165, 1.54) is 0 Å². The molecule has 0 fully saturated rings. The number of hydrogen-bond donors (Lipinski definition) is 0. The third-order valence-electron chi connectivity index (χ3n) is 0.421. The van der Waals surface area contributed by atoms with Gasteiger partial charge in [0.25, 0.3) is 5.92 Å². The van der Waals surface area contributed by atoms with Gasteiger partial charge in [0.15, 0.2) is 0 Å². The monoisotopic (exact) mass is 137 g/mol. The van der Waals surface area contributed by atoms with Crippen molar-refractivity contribution in [2.75, 3.05) is 6.54 Å². The van der Waals surface area contributed by atoms with Crippen molar-refractivity contribution in [1.29, 1.82) is 0 Å². The highest BCUT2D eigenvalue weighted by atomic mass is 32.1. The molecule has 0 atom stereocenters. The molecule has 0 unspecified atom stereocenters. The fourth-order valence-electron chi connectivity index (χ4n) is 0.171. The molecule has 0 aromatic carbocycles. The van der Waals surface area contributed by atoms with Crippen LogP contribution in [-0.2, 0) is 0 Å². The lowest BCUT2D eigenvalue weighted by atomic mass is 10.4. The number of rotatable bonds is 2. The molecule has 0 saturated carbocycles. The van der Waals surface area contributed by atoms with Crippen molar-refractivity contribution < 1.29 is 8.78 Å². The molecule has 0 amide bonds. The summed E-state index contributed by atoms with van der Waals surface area (Å²) in [5, 5.41) is 1.85. The van der Waals surface area contributed by atoms with Crippen molar-refractivity contribution in [2.45, 2.75) is 12.8 Å². The Morgan fingerprint density at radius 3 is 2.38 bits per heavy atom. The molecule has 0 aromatic heterocycles. The van der Waals surface area contributed by atoms with E-state index in [0.717, 1.165) is 6.92 Å². The summed E-state index contributed by atoms with van der Waals surface area (Å²) in [6.45, 7) is 0.222. The van der Waals surface area contributed by atoms with Gasteiger partial charge in [-0.2, -0.15) is 0 Å². The lowest BCUT2D eigenvalue weighted by molar-refractivity contribution is 0.0329. The maximum atomic E-state index is 11.7. The zero-order valence-corrected chi connectivity index (χ0v) is 5.13. The van der Waals surface area contributed by atoms with Gasteiger partial charge in [0.2, 0.25) is 0 Å². The molecule has 4 heteroatoms. The van der Waals surface area contributed by atoms with Crippen LogP contribution in [0.25, 0.3) is 0 Å². The van der Waals surface area contributed by atoms with Crippen molar-refractivity contribution in [3.8, 4) is 0 Å². The van der Waals surface area contributed by atoms with Crippen LogP contribution in [0.4, 0.5) is 8.78 Å². The van der Waals surface area contributed by atoms with E-state index < -0.39 is 12.5 Å². The molecule has 0 spiro atoms. The molecule has 0 aliphatic carbocycles. The molecule has 0 saturated heterocycles. The summed E-state index contributed by atoms with van der Waals surface area (Å²) in [5.41, 5.74) is 0. The Kier molecular flexibility index (Phi) is 2.72. The highest BCUT2D eigenvalue weighted by Crippen LogP contribution is 2.10. The van der Waals surface area contributed by atoms with Crippen molar-refractivity contribution in [1.82, 2.24) is 0 Å². The van der Waals surface area contributed by atoms with Crippen LogP contribution < -0.4 is 0 Å². The molecule has 0 heterocycles. The van der Waals surface area contributed by atoms with Gasteiger partial charge in [-0.1, -0.05) is 0 Å². The molecule has 8 heavy (non-hydrogen) atoms. The predicted molar refractivity (Wildman–Crippen MR) is 30.5 cm³/mol. The van der Waals surface area contributed by atoms with E-state index in [2.05, 4.69) is 17.2 Å². The first-order valence-corrected chi connectivity index (χ1v) is 2.38. The number of nitrogens with zero attached hydrogens (tertiary/aromatic N) is 1. The minimum Gasteiger partial charge on any atom is -0.226 e. The quantitative estimate of drug-likeness (QED) is 0.417. The van der Waals surface area contributed by atoms with Crippen molar-refractivity contribution >= 4 is 17.4 Å². The fourth-order valence-corrected chi connectivity index (χ4v) is 0.236. The summed E-state index contributed by atoms with van der Waals surface area (Å²) in [6, 6.07) is 0. The Labute approximate surface area is 51.4 Å². The third kappa shape index (κ3) is 5.66. The average molecular weight is 137 g/mol. The minimum atomic E-state index is -2.74. The molecular weight excluding hydrogens is 132 g/mol. The summed E-state index contributed by atoms with van der Waals surface area (Å²) in [7, 11) is 0. The van der Waals surface area contributed by atoms with Crippen LogP contribution in [0.1, 0.15) is 6.92 Å². The molecule has 46 valence electrons. The third-order valence-corrected chi connectivity index (χ3v) is 0.550. The van der Waals surface area contributed by atoms with E-state index in [0.29, 0.717) is 0 Å². The molecule has 0 aromatic rings. The zero-order chi connectivity index (χ0) is 6.62. The van der Waals surface area contributed by atoms with Crippen LogP contribution in [0.3, 0.4) is 0 Å². The number of isothiocyanates is 1. The van der Waals surface area contributed by atoms with E-state index in [1.54, 1.807) is 0 Å². The highest BCUT2D eigenvalue weighted by molar-refractivity contribution is 7.78. The Morgan fingerprint density at radius 1 is 1.75 bits per heavy atom. The van der Waals surface area contributed by atoms with Gasteiger partial charge in [0.05, 0.1) is 5.16 Å². The smallest absolute Gasteiger partial charge is 0.226 e. The zero-order valence-electron chi connectivity index (χ0n) is 4.32. The van der Waals surface area contributed by atoms with Gasteiger partial charge in [0, 0.05) is 6.92 Å². The number of aliphatic imine (C=N–C) groups is 1. The standard InChI is InChI=1S/C4H5F2NS/c1-4(5,6)2-7-3-8/h2H2,1H3. The molecule has 0 N–H and O–H groups in total. The maximum absolute atomic E-state index is 11.7. The maximum Gasteiger partial charge on any atom is 0.265 e. The normalized spacial score (nSPS) is 10.4. The SMILES string of the molecule is CC(F)(F)CN=C=S. The summed E-state index contributed by atoms with van der Waals surface area (Å²) in [5.74, 6) is -2.74. The summed E-state index contributed by atoms with van der Waals surface area (Å²) < 4.78 is 23.5. The van der Waals surface area contributed by atoms with Gasteiger partial charge < -0.3 is 0 Å². The first kappa shape index (κ1) is 7.66. The number of halogens is 2. The van der Waals surface area contributed by atoms with Crippen LogP contribution in [0.2, 0.25) is 0 Å². The van der Waals surface area contributed by atoms with E-state index in [1.807, 2.05) is 5.16 Å². The minimum absolute atomic E-state index is 0.559. The first-order chi connectivity index (χ1) is 3.56. The summed E-state index contributed by atoms with van der Waals surface area (Å²) >= 11 is 4.07. The summed E-state index contributed by atoms with van der Waals surface area (Å²) in [4.78, 5) is 3.06. The largest absolute Gasteiger partial charge is 0.265 e. The second kappa shape index (κ2) is 2.84. The van der Waals surface area contributed by atoms with Crippen LogP contribution in [0.15, 0.2) is 4.99 Å². The fraction of sp³-hybridized carbons (Fsp3) is 0.750. The average Bonchev–Trinajstić information content (AvgIpc) is 1.59. The van der Waals surface area contributed by atoms with Gasteiger partial charge in [-0.05, 0) is 12.2 Å².